The molecule has 1 fully saturated rings. The highest BCUT2D eigenvalue weighted by molar-refractivity contribution is 5.75. The summed E-state index contributed by atoms with van der Waals surface area (Å²) in [6.45, 7) is 0. The molecule has 3 nitrogen and oxygen atoms in total. The van der Waals surface area contributed by atoms with Crippen molar-refractivity contribution in [3.05, 3.63) is 36.5 Å². The molecule has 0 aliphatic heterocycles. The van der Waals surface area contributed by atoms with E-state index in [4.69, 9.17) is 0 Å². The van der Waals surface area contributed by atoms with Crippen LogP contribution in [0.3, 0.4) is 0 Å². The average Bonchev–Trinajstić information content (AvgIpc) is 2.62. The third-order valence-electron chi connectivity index (χ3n) is 2.96. The van der Waals surface area contributed by atoms with Gasteiger partial charge in [0.25, 0.3) is 0 Å². The SMILES string of the molecule is O=C(NC1C=CC=CC=C1)NC1CCCC1. The fourth-order valence-corrected chi connectivity index (χ4v) is 2.10. The van der Waals surface area contributed by atoms with Gasteiger partial charge in [0.2, 0.25) is 0 Å². The first-order valence-corrected chi connectivity index (χ1v) is 5.93. The molecule has 3 heteroatoms. The van der Waals surface area contributed by atoms with Crippen LogP contribution >= 0.6 is 0 Å². The molecule has 0 bridgehead atoms. The van der Waals surface area contributed by atoms with Gasteiger partial charge in [0, 0.05) is 6.04 Å². The van der Waals surface area contributed by atoms with Crippen LogP contribution in [0, 0.1) is 0 Å². The zero-order valence-electron chi connectivity index (χ0n) is 9.36. The van der Waals surface area contributed by atoms with Gasteiger partial charge in [-0.2, -0.15) is 0 Å². The number of amides is 2. The molecule has 0 spiro atoms. The van der Waals surface area contributed by atoms with Crippen LogP contribution in [-0.2, 0) is 0 Å². The highest BCUT2D eigenvalue weighted by Gasteiger charge is 2.17. The van der Waals surface area contributed by atoms with Crippen molar-refractivity contribution in [3.63, 3.8) is 0 Å². The fraction of sp³-hybridized carbons (Fsp3) is 0.462. The summed E-state index contributed by atoms with van der Waals surface area (Å²) < 4.78 is 0. The van der Waals surface area contributed by atoms with Crippen LogP contribution in [0.1, 0.15) is 25.7 Å². The number of allylic oxidation sites excluding steroid dienone is 4. The van der Waals surface area contributed by atoms with Gasteiger partial charge in [-0.25, -0.2) is 4.79 Å². The van der Waals surface area contributed by atoms with Gasteiger partial charge in [0.05, 0.1) is 6.04 Å². The topological polar surface area (TPSA) is 41.1 Å². The van der Waals surface area contributed by atoms with Gasteiger partial charge in [0.15, 0.2) is 0 Å². The monoisotopic (exact) mass is 218 g/mol. The minimum atomic E-state index is -0.0619. The van der Waals surface area contributed by atoms with E-state index in [-0.39, 0.29) is 12.1 Å². The van der Waals surface area contributed by atoms with Gasteiger partial charge in [-0.05, 0) is 12.8 Å². The molecule has 0 unspecified atom stereocenters. The van der Waals surface area contributed by atoms with E-state index in [1.54, 1.807) is 0 Å². The molecule has 0 saturated heterocycles. The quantitative estimate of drug-likeness (QED) is 0.733. The molecule has 1 saturated carbocycles. The molecule has 2 amide bonds. The predicted molar refractivity (Wildman–Crippen MR) is 65.1 cm³/mol. The Morgan fingerprint density at radius 1 is 0.938 bits per heavy atom. The lowest BCUT2D eigenvalue weighted by molar-refractivity contribution is 0.236. The van der Waals surface area contributed by atoms with Crippen LogP contribution in [0.4, 0.5) is 4.79 Å². The molecule has 2 aliphatic rings. The van der Waals surface area contributed by atoms with Gasteiger partial charge in [-0.15, -0.1) is 0 Å². The van der Waals surface area contributed by atoms with Crippen LogP contribution in [0.5, 0.6) is 0 Å². The summed E-state index contributed by atoms with van der Waals surface area (Å²) in [6, 6.07) is 0.307. The third-order valence-corrected chi connectivity index (χ3v) is 2.96. The Bertz CT molecular complexity index is 309. The summed E-state index contributed by atoms with van der Waals surface area (Å²) in [5.74, 6) is 0. The molecule has 0 aromatic carbocycles. The summed E-state index contributed by atoms with van der Waals surface area (Å²) >= 11 is 0. The lowest BCUT2D eigenvalue weighted by Crippen LogP contribution is -2.44. The van der Waals surface area contributed by atoms with Crippen molar-refractivity contribution >= 4 is 6.03 Å². The van der Waals surface area contributed by atoms with Crippen molar-refractivity contribution in [1.29, 1.82) is 0 Å². The van der Waals surface area contributed by atoms with E-state index >= 15 is 0 Å². The molecule has 0 atom stereocenters. The first-order chi connectivity index (χ1) is 7.84. The van der Waals surface area contributed by atoms with Gasteiger partial charge < -0.3 is 10.6 Å². The Morgan fingerprint density at radius 2 is 1.56 bits per heavy atom. The minimum absolute atomic E-state index is 0.00333. The molecule has 2 N–H and O–H groups in total. The Morgan fingerprint density at radius 3 is 2.19 bits per heavy atom. The van der Waals surface area contributed by atoms with E-state index in [1.165, 1.54) is 12.8 Å². The van der Waals surface area contributed by atoms with E-state index in [0.29, 0.717) is 6.04 Å². The number of hydrogen-bond acceptors (Lipinski definition) is 1. The Labute approximate surface area is 96.3 Å². The van der Waals surface area contributed by atoms with Crippen molar-refractivity contribution < 1.29 is 4.79 Å². The van der Waals surface area contributed by atoms with Crippen LogP contribution in [0.15, 0.2) is 36.5 Å². The predicted octanol–water partition coefficient (Wildman–Crippen LogP) is 2.28. The molecule has 86 valence electrons. The number of carbonyl (C=O) groups is 1. The summed E-state index contributed by atoms with van der Waals surface area (Å²) in [5, 5.41) is 5.93. The molecule has 16 heavy (non-hydrogen) atoms. The number of rotatable bonds is 2. The maximum Gasteiger partial charge on any atom is 0.315 e. The lowest BCUT2D eigenvalue weighted by Gasteiger charge is -2.15. The molecule has 0 aromatic heterocycles. The molecule has 0 radical (unpaired) electrons. The fourth-order valence-electron chi connectivity index (χ4n) is 2.10. The number of hydrogen-bond donors (Lipinski definition) is 2. The molecule has 0 heterocycles. The molecular weight excluding hydrogens is 200 g/mol. The third kappa shape index (κ3) is 3.26. The normalized spacial score (nSPS) is 21.0. The van der Waals surface area contributed by atoms with Gasteiger partial charge >= 0.3 is 6.03 Å². The van der Waals surface area contributed by atoms with Crippen LogP contribution in [0.2, 0.25) is 0 Å². The van der Waals surface area contributed by atoms with E-state index < -0.39 is 0 Å². The largest absolute Gasteiger partial charge is 0.335 e. The zero-order chi connectivity index (χ0) is 11.2. The van der Waals surface area contributed by atoms with Crippen LogP contribution < -0.4 is 10.6 Å². The van der Waals surface area contributed by atoms with E-state index in [0.717, 1.165) is 12.8 Å². The van der Waals surface area contributed by atoms with Crippen molar-refractivity contribution in [2.75, 3.05) is 0 Å². The summed E-state index contributed by atoms with van der Waals surface area (Å²) in [7, 11) is 0. The average molecular weight is 218 g/mol. The van der Waals surface area contributed by atoms with Crippen LogP contribution in [0.25, 0.3) is 0 Å². The Hall–Kier alpha value is -1.51. The standard InChI is InChI=1S/C13H18N2O/c16-13(15-12-9-5-6-10-12)14-11-7-3-1-2-4-8-11/h1-4,7-8,11-12H,5-6,9-10H2,(H2,14,15,16). The number of carbonyl (C=O) groups excluding carboxylic acids is 1. The second-order valence-electron chi connectivity index (χ2n) is 4.28. The maximum atomic E-state index is 11.7. The highest BCUT2D eigenvalue weighted by Crippen LogP contribution is 2.17. The van der Waals surface area contributed by atoms with Gasteiger partial charge in [-0.1, -0.05) is 49.3 Å². The molecule has 2 aliphatic carbocycles. The van der Waals surface area contributed by atoms with Crippen molar-refractivity contribution in [2.45, 2.75) is 37.8 Å². The van der Waals surface area contributed by atoms with E-state index in [9.17, 15) is 4.79 Å². The van der Waals surface area contributed by atoms with Crippen molar-refractivity contribution in [1.82, 2.24) is 10.6 Å². The van der Waals surface area contributed by atoms with Gasteiger partial charge in [0.1, 0.15) is 0 Å². The molecule has 0 aromatic rings. The maximum absolute atomic E-state index is 11.7. The van der Waals surface area contributed by atoms with Crippen LogP contribution in [-0.4, -0.2) is 18.1 Å². The first-order valence-electron chi connectivity index (χ1n) is 5.93. The summed E-state index contributed by atoms with van der Waals surface area (Å²) in [6.07, 6.45) is 16.4. The molecule has 2 rings (SSSR count). The first kappa shape index (κ1) is 11.0. The number of urea groups is 1. The van der Waals surface area contributed by atoms with Crippen molar-refractivity contribution in [3.8, 4) is 0 Å². The summed E-state index contributed by atoms with van der Waals surface area (Å²) in [5.41, 5.74) is 0. The van der Waals surface area contributed by atoms with Gasteiger partial charge in [-0.3, -0.25) is 0 Å². The zero-order valence-corrected chi connectivity index (χ0v) is 9.36. The molecular formula is C13H18N2O. The van der Waals surface area contributed by atoms with E-state index in [2.05, 4.69) is 10.6 Å². The Balaban J connectivity index is 1.77. The number of nitrogens with one attached hydrogen (secondary N) is 2. The summed E-state index contributed by atoms with van der Waals surface area (Å²) in [4.78, 5) is 11.7. The second-order valence-corrected chi connectivity index (χ2v) is 4.28. The lowest BCUT2D eigenvalue weighted by atomic mass is 10.2. The Kier molecular flexibility index (Phi) is 3.81. The highest BCUT2D eigenvalue weighted by atomic mass is 16.2. The van der Waals surface area contributed by atoms with E-state index in [1.807, 2.05) is 36.5 Å². The van der Waals surface area contributed by atoms with Crippen molar-refractivity contribution in [2.24, 2.45) is 0 Å². The smallest absolute Gasteiger partial charge is 0.315 e. The minimum Gasteiger partial charge on any atom is -0.335 e. The second kappa shape index (κ2) is 5.54.